The van der Waals surface area contributed by atoms with Gasteiger partial charge < -0.3 is 20.7 Å². The SMILES string of the molecule is CCNC(=NCC1CC(=O)Nc2ccccc21)NCCCOC1CCCc2ccccc21. The topological polar surface area (TPSA) is 74.8 Å². The Hall–Kier alpha value is -2.86. The summed E-state index contributed by atoms with van der Waals surface area (Å²) in [6.07, 6.45) is 5.06. The molecular formula is C26H34N4O2. The van der Waals surface area contributed by atoms with E-state index >= 15 is 0 Å². The Balaban J connectivity index is 1.26. The summed E-state index contributed by atoms with van der Waals surface area (Å²) in [4.78, 5) is 16.8. The lowest BCUT2D eigenvalue weighted by atomic mass is 9.89. The number of aryl methyl sites for hydroxylation is 1. The molecule has 4 rings (SSSR count). The van der Waals surface area contributed by atoms with Crippen LogP contribution in [-0.2, 0) is 16.0 Å². The van der Waals surface area contributed by atoms with Crippen molar-refractivity contribution in [2.75, 3.05) is 31.6 Å². The van der Waals surface area contributed by atoms with Gasteiger partial charge in [-0.2, -0.15) is 0 Å². The Morgan fingerprint density at radius 2 is 1.94 bits per heavy atom. The van der Waals surface area contributed by atoms with Gasteiger partial charge in [-0.05, 0) is 55.4 Å². The van der Waals surface area contributed by atoms with E-state index < -0.39 is 0 Å². The number of anilines is 1. The van der Waals surface area contributed by atoms with Crippen LogP contribution in [0, 0.1) is 0 Å². The van der Waals surface area contributed by atoms with Crippen molar-refractivity contribution in [3.05, 3.63) is 65.2 Å². The van der Waals surface area contributed by atoms with Crippen LogP contribution in [0.5, 0.6) is 0 Å². The number of guanidine groups is 1. The molecule has 32 heavy (non-hydrogen) atoms. The molecule has 1 aliphatic heterocycles. The van der Waals surface area contributed by atoms with E-state index in [1.54, 1.807) is 0 Å². The van der Waals surface area contributed by atoms with Crippen LogP contribution in [-0.4, -0.2) is 38.1 Å². The van der Waals surface area contributed by atoms with Crippen molar-refractivity contribution in [2.24, 2.45) is 4.99 Å². The third-order valence-corrected chi connectivity index (χ3v) is 6.17. The average Bonchev–Trinajstić information content (AvgIpc) is 2.82. The Labute approximate surface area is 190 Å². The van der Waals surface area contributed by atoms with Crippen molar-refractivity contribution in [1.29, 1.82) is 0 Å². The van der Waals surface area contributed by atoms with E-state index in [9.17, 15) is 4.79 Å². The molecule has 1 amide bonds. The second kappa shape index (κ2) is 11.1. The van der Waals surface area contributed by atoms with Gasteiger partial charge in [-0.3, -0.25) is 9.79 Å². The van der Waals surface area contributed by atoms with Crippen LogP contribution in [0.4, 0.5) is 5.69 Å². The zero-order valence-electron chi connectivity index (χ0n) is 18.9. The number of amides is 1. The fourth-order valence-corrected chi connectivity index (χ4v) is 4.59. The molecule has 0 saturated heterocycles. The molecule has 2 aliphatic rings. The number of ether oxygens (including phenoxy) is 1. The van der Waals surface area contributed by atoms with Gasteiger partial charge in [0.05, 0.1) is 12.6 Å². The molecule has 0 saturated carbocycles. The molecule has 1 heterocycles. The molecule has 170 valence electrons. The number of para-hydroxylation sites is 1. The number of aliphatic imine (C=N–C) groups is 1. The summed E-state index contributed by atoms with van der Waals surface area (Å²) in [5.74, 6) is 0.951. The van der Waals surface area contributed by atoms with Crippen molar-refractivity contribution in [3.8, 4) is 0 Å². The first-order chi connectivity index (χ1) is 15.7. The first-order valence-corrected chi connectivity index (χ1v) is 11.8. The number of hydrogen-bond acceptors (Lipinski definition) is 3. The highest BCUT2D eigenvalue weighted by Crippen LogP contribution is 2.33. The predicted molar refractivity (Wildman–Crippen MR) is 129 cm³/mol. The minimum Gasteiger partial charge on any atom is -0.373 e. The molecule has 3 N–H and O–H groups in total. The highest BCUT2D eigenvalue weighted by atomic mass is 16.5. The summed E-state index contributed by atoms with van der Waals surface area (Å²) >= 11 is 0. The third-order valence-electron chi connectivity index (χ3n) is 6.17. The Morgan fingerprint density at radius 3 is 2.81 bits per heavy atom. The number of fused-ring (bicyclic) bond motifs is 2. The minimum absolute atomic E-state index is 0.0586. The van der Waals surface area contributed by atoms with Crippen molar-refractivity contribution in [3.63, 3.8) is 0 Å². The van der Waals surface area contributed by atoms with Gasteiger partial charge in [0.15, 0.2) is 5.96 Å². The van der Waals surface area contributed by atoms with Gasteiger partial charge in [0.25, 0.3) is 0 Å². The van der Waals surface area contributed by atoms with Crippen LogP contribution in [0.25, 0.3) is 0 Å². The Bertz CT molecular complexity index is 943. The van der Waals surface area contributed by atoms with E-state index in [-0.39, 0.29) is 17.9 Å². The molecule has 0 aromatic heterocycles. The molecule has 6 heteroatoms. The highest BCUT2D eigenvalue weighted by molar-refractivity contribution is 5.94. The number of nitrogens with zero attached hydrogens (tertiary/aromatic N) is 1. The van der Waals surface area contributed by atoms with E-state index in [2.05, 4.69) is 53.2 Å². The molecule has 6 nitrogen and oxygen atoms in total. The smallest absolute Gasteiger partial charge is 0.225 e. The number of carbonyl (C=O) groups excluding carboxylic acids is 1. The third kappa shape index (κ3) is 5.68. The van der Waals surface area contributed by atoms with Crippen molar-refractivity contribution >= 4 is 17.6 Å². The number of hydrogen-bond donors (Lipinski definition) is 3. The summed E-state index contributed by atoms with van der Waals surface area (Å²) in [5, 5.41) is 9.67. The molecule has 2 aromatic carbocycles. The van der Waals surface area contributed by atoms with Gasteiger partial charge in [-0.25, -0.2) is 0 Å². The van der Waals surface area contributed by atoms with E-state index in [0.717, 1.165) is 56.2 Å². The van der Waals surface area contributed by atoms with E-state index in [4.69, 9.17) is 9.73 Å². The second-order valence-electron chi connectivity index (χ2n) is 8.49. The number of benzene rings is 2. The van der Waals surface area contributed by atoms with Crippen LogP contribution < -0.4 is 16.0 Å². The monoisotopic (exact) mass is 434 g/mol. The van der Waals surface area contributed by atoms with E-state index in [0.29, 0.717) is 13.0 Å². The standard InChI is InChI=1S/C26H34N4O2/c1-2-27-26(29-18-20-17-25(31)30-23-13-6-5-11-21(20)23)28-15-8-16-32-24-14-7-10-19-9-3-4-12-22(19)24/h3-6,9,11-13,20,24H,2,7-8,10,14-18H2,1H3,(H,30,31)(H2,27,28,29). The lowest BCUT2D eigenvalue weighted by molar-refractivity contribution is -0.116. The molecule has 2 atom stereocenters. The van der Waals surface area contributed by atoms with Crippen molar-refractivity contribution in [2.45, 2.75) is 51.0 Å². The van der Waals surface area contributed by atoms with Gasteiger partial charge in [0.1, 0.15) is 0 Å². The molecule has 2 unspecified atom stereocenters. The number of carbonyl (C=O) groups is 1. The molecule has 0 fully saturated rings. The lowest BCUT2D eigenvalue weighted by Crippen LogP contribution is -2.38. The highest BCUT2D eigenvalue weighted by Gasteiger charge is 2.24. The normalized spacial score (nSPS) is 20.2. The first-order valence-electron chi connectivity index (χ1n) is 11.8. The van der Waals surface area contributed by atoms with Gasteiger partial charge in [-0.1, -0.05) is 42.5 Å². The molecule has 0 radical (unpaired) electrons. The summed E-state index contributed by atoms with van der Waals surface area (Å²) in [7, 11) is 0. The van der Waals surface area contributed by atoms with Crippen LogP contribution in [0.2, 0.25) is 0 Å². The predicted octanol–water partition coefficient (Wildman–Crippen LogP) is 4.15. The fourth-order valence-electron chi connectivity index (χ4n) is 4.59. The zero-order valence-corrected chi connectivity index (χ0v) is 18.9. The summed E-state index contributed by atoms with van der Waals surface area (Å²) in [6.45, 7) is 4.95. The maximum atomic E-state index is 12.1. The number of rotatable bonds is 8. The maximum Gasteiger partial charge on any atom is 0.225 e. The molecule has 1 aliphatic carbocycles. The molecule has 0 bridgehead atoms. The number of nitrogens with one attached hydrogen (secondary N) is 3. The summed E-state index contributed by atoms with van der Waals surface area (Å²) in [5.41, 5.74) is 4.86. The lowest BCUT2D eigenvalue weighted by Gasteiger charge is -2.26. The minimum atomic E-state index is 0.0586. The maximum absolute atomic E-state index is 12.1. The average molecular weight is 435 g/mol. The van der Waals surface area contributed by atoms with Crippen molar-refractivity contribution in [1.82, 2.24) is 10.6 Å². The van der Waals surface area contributed by atoms with Gasteiger partial charge in [0, 0.05) is 37.7 Å². The molecular weight excluding hydrogens is 400 g/mol. The molecule has 2 aromatic rings. The quantitative estimate of drug-likeness (QED) is 0.331. The van der Waals surface area contributed by atoms with Crippen LogP contribution in [0.15, 0.2) is 53.5 Å². The Morgan fingerprint density at radius 1 is 1.12 bits per heavy atom. The van der Waals surface area contributed by atoms with Crippen LogP contribution in [0.1, 0.15) is 61.3 Å². The van der Waals surface area contributed by atoms with E-state index in [1.165, 1.54) is 17.5 Å². The van der Waals surface area contributed by atoms with E-state index in [1.807, 2.05) is 18.2 Å². The zero-order chi connectivity index (χ0) is 22.2. The van der Waals surface area contributed by atoms with Gasteiger partial charge in [-0.15, -0.1) is 0 Å². The van der Waals surface area contributed by atoms with Crippen LogP contribution in [0.3, 0.4) is 0 Å². The van der Waals surface area contributed by atoms with Crippen LogP contribution >= 0.6 is 0 Å². The summed E-state index contributed by atoms with van der Waals surface area (Å²) in [6, 6.07) is 16.6. The Kier molecular flexibility index (Phi) is 7.77. The first kappa shape index (κ1) is 22.3. The second-order valence-corrected chi connectivity index (χ2v) is 8.49. The van der Waals surface area contributed by atoms with Gasteiger partial charge >= 0.3 is 0 Å². The fraction of sp³-hybridized carbons (Fsp3) is 0.462. The largest absolute Gasteiger partial charge is 0.373 e. The van der Waals surface area contributed by atoms with Crippen molar-refractivity contribution < 1.29 is 9.53 Å². The summed E-state index contributed by atoms with van der Waals surface area (Å²) < 4.78 is 6.21. The molecule has 0 spiro atoms. The van der Waals surface area contributed by atoms with Gasteiger partial charge in [0.2, 0.25) is 5.91 Å².